The van der Waals surface area contributed by atoms with Gasteiger partial charge in [-0.25, -0.2) is 24.3 Å². The van der Waals surface area contributed by atoms with Crippen molar-refractivity contribution in [2.45, 2.75) is 13.0 Å². The summed E-state index contributed by atoms with van der Waals surface area (Å²) in [6.07, 6.45) is 5.70. The molecule has 2 N–H and O–H groups in total. The summed E-state index contributed by atoms with van der Waals surface area (Å²) in [6.45, 7) is 1.16. The number of halogens is 1. The molecule has 0 bridgehead atoms. The molecule has 0 spiro atoms. The zero-order valence-electron chi connectivity index (χ0n) is 13.8. The number of benzene rings is 1. The molecule has 0 fully saturated rings. The number of nitrogens with two attached hydrogens (primary N) is 1. The Bertz CT molecular complexity index is 979. The molecule has 3 heterocycles. The monoisotopic (exact) mass is 350 g/mol. The fraction of sp³-hybridized carbons (Fsp3) is 0.167. The fourth-order valence-corrected chi connectivity index (χ4v) is 2.96. The summed E-state index contributed by atoms with van der Waals surface area (Å²) < 4.78 is 13.8. The lowest BCUT2D eigenvalue weighted by atomic mass is 10.1. The van der Waals surface area contributed by atoms with Crippen molar-refractivity contribution in [3.05, 3.63) is 65.5 Å². The molecule has 0 aliphatic carbocycles. The van der Waals surface area contributed by atoms with Crippen molar-refractivity contribution < 1.29 is 9.18 Å². The molecule has 1 aromatic carbocycles. The number of nitrogens with zero attached hydrogens (tertiary/aromatic N) is 5. The van der Waals surface area contributed by atoms with Crippen LogP contribution in [0.2, 0.25) is 0 Å². The predicted molar refractivity (Wildman–Crippen MR) is 92.7 cm³/mol. The fourth-order valence-electron chi connectivity index (χ4n) is 2.96. The molecule has 1 aliphatic heterocycles. The van der Waals surface area contributed by atoms with Crippen LogP contribution in [0.25, 0.3) is 11.6 Å². The maximum absolute atomic E-state index is 13.8. The number of anilines is 1. The zero-order valence-corrected chi connectivity index (χ0v) is 13.8. The van der Waals surface area contributed by atoms with E-state index < -0.39 is 11.7 Å². The van der Waals surface area contributed by atoms with Crippen LogP contribution < -0.4 is 10.6 Å². The first-order chi connectivity index (χ1) is 12.6. The Morgan fingerprint density at radius 2 is 1.92 bits per heavy atom. The average Bonchev–Trinajstić information content (AvgIpc) is 2.67. The molecule has 8 heteroatoms. The number of rotatable bonds is 3. The van der Waals surface area contributed by atoms with E-state index in [1.54, 1.807) is 30.7 Å². The summed E-state index contributed by atoms with van der Waals surface area (Å²) in [4.78, 5) is 30.6. The quantitative estimate of drug-likeness (QED) is 0.772. The van der Waals surface area contributed by atoms with E-state index in [0.717, 1.165) is 17.3 Å². The highest BCUT2D eigenvalue weighted by Gasteiger charge is 2.21. The highest BCUT2D eigenvalue weighted by atomic mass is 19.1. The van der Waals surface area contributed by atoms with Crippen molar-refractivity contribution in [2.24, 2.45) is 5.73 Å². The minimum atomic E-state index is -0.654. The molecule has 0 unspecified atom stereocenters. The molecule has 4 rings (SSSR count). The molecule has 3 aromatic rings. The van der Waals surface area contributed by atoms with Crippen LogP contribution in [0.5, 0.6) is 0 Å². The second kappa shape index (κ2) is 6.47. The van der Waals surface area contributed by atoms with Gasteiger partial charge in [0.1, 0.15) is 5.82 Å². The van der Waals surface area contributed by atoms with E-state index in [4.69, 9.17) is 5.73 Å². The number of carbonyl (C=O) groups is 1. The topological polar surface area (TPSA) is 97.9 Å². The molecule has 7 nitrogen and oxygen atoms in total. The maximum Gasteiger partial charge on any atom is 0.248 e. The van der Waals surface area contributed by atoms with Gasteiger partial charge >= 0.3 is 0 Å². The molecular weight excluding hydrogens is 335 g/mol. The molecule has 1 aliphatic rings. The van der Waals surface area contributed by atoms with Gasteiger partial charge < -0.3 is 10.6 Å². The zero-order chi connectivity index (χ0) is 18.1. The molecule has 0 radical (unpaired) electrons. The van der Waals surface area contributed by atoms with E-state index in [9.17, 15) is 9.18 Å². The molecule has 0 saturated heterocycles. The van der Waals surface area contributed by atoms with Crippen molar-refractivity contribution in [1.82, 2.24) is 19.9 Å². The lowest BCUT2D eigenvalue weighted by Crippen LogP contribution is -2.31. The Hall–Kier alpha value is -3.42. The smallest absolute Gasteiger partial charge is 0.248 e. The summed E-state index contributed by atoms with van der Waals surface area (Å²) in [6, 6.07) is 5.87. The van der Waals surface area contributed by atoms with Crippen LogP contribution in [-0.2, 0) is 13.0 Å². The van der Waals surface area contributed by atoms with Crippen molar-refractivity contribution in [3.8, 4) is 11.6 Å². The predicted octanol–water partition coefficient (Wildman–Crippen LogP) is 1.73. The Labute approximate surface area is 148 Å². The van der Waals surface area contributed by atoms with Crippen molar-refractivity contribution in [2.75, 3.05) is 11.4 Å². The number of hydrogen-bond donors (Lipinski definition) is 1. The molecule has 0 atom stereocenters. The Morgan fingerprint density at radius 1 is 1.12 bits per heavy atom. The van der Waals surface area contributed by atoms with Gasteiger partial charge in [0.15, 0.2) is 11.6 Å². The number of amides is 1. The van der Waals surface area contributed by atoms with E-state index in [-0.39, 0.29) is 5.56 Å². The lowest BCUT2D eigenvalue weighted by Gasteiger charge is -2.30. The number of primary amides is 1. The van der Waals surface area contributed by atoms with Crippen LogP contribution in [0.3, 0.4) is 0 Å². The van der Waals surface area contributed by atoms with E-state index in [0.29, 0.717) is 36.8 Å². The highest BCUT2D eigenvalue weighted by Crippen LogP contribution is 2.26. The van der Waals surface area contributed by atoms with Crippen LogP contribution >= 0.6 is 0 Å². The van der Waals surface area contributed by atoms with E-state index >= 15 is 0 Å². The summed E-state index contributed by atoms with van der Waals surface area (Å²) in [5, 5.41) is 0. The average molecular weight is 350 g/mol. The van der Waals surface area contributed by atoms with Crippen molar-refractivity contribution in [1.29, 1.82) is 0 Å². The minimum absolute atomic E-state index is 0.152. The molecule has 0 saturated carbocycles. The molecule has 2 aromatic heterocycles. The van der Waals surface area contributed by atoms with Crippen molar-refractivity contribution >= 4 is 11.6 Å². The van der Waals surface area contributed by atoms with Gasteiger partial charge in [-0.2, -0.15) is 0 Å². The summed E-state index contributed by atoms with van der Waals surface area (Å²) in [7, 11) is 0. The number of carbonyl (C=O) groups excluding carboxylic acids is 1. The first-order valence-electron chi connectivity index (χ1n) is 8.07. The van der Waals surface area contributed by atoms with E-state index in [1.165, 1.54) is 6.07 Å². The summed E-state index contributed by atoms with van der Waals surface area (Å²) in [5.74, 6) is -0.178. The summed E-state index contributed by atoms with van der Waals surface area (Å²) >= 11 is 0. The van der Waals surface area contributed by atoms with Gasteiger partial charge in [0.2, 0.25) is 5.91 Å². The maximum atomic E-state index is 13.8. The van der Waals surface area contributed by atoms with Gasteiger partial charge in [0, 0.05) is 54.9 Å². The van der Waals surface area contributed by atoms with Crippen LogP contribution in [0, 0.1) is 5.82 Å². The highest BCUT2D eigenvalue weighted by molar-refractivity contribution is 5.93. The van der Waals surface area contributed by atoms with Gasteiger partial charge in [0.05, 0.1) is 5.69 Å². The largest absolute Gasteiger partial charge is 0.367 e. The molecular formula is C18H15FN6O. The van der Waals surface area contributed by atoms with Gasteiger partial charge in [-0.1, -0.05) is 0 Å². The molecule has 130 valence electrons. The van der Waals surface area contributed by atoms with Gasteiger partial charge in [-0.3, -0.25) is 4.79 Å². The summed E-state index contributed by atoms with van der Waals surface area (Å²) in [5.41, 5.74) is 7.90. The Kier molecular flexibility index (Phi) is 4.00. The Balaban J connectivity index is 1.62. The van der Waals surface area contributed by atoms with E-state index in [1.807, 2.05) is 4.90 Å². The lowest BCUT2D eigenvalue weighted by molar-refractivity contribution is 0.1000. The Morgan fingerprint density at radius 3 is 2.69 bits per heavy atom. The number of hydrogen-bond acceptors (Lipinski definition) is 6. The standard InChI is InChI=1S/C18H15FN6O/c19-13-6-11(16(20)26)7-14(8-13)25-5-2-15-12(10-25)9-23-18(24-15)17-21-3-1-4-22-17/h1,3-4,6-9H,2,5,10H2,(H2,20,26). The van der Waals surface area contributed by atoms with Gasteiger partial charge in [-0.05, 0) is 24.3 Å². The third-order valence-corrected chi connectivity index (χ3v) is 4.23. The van der Waals surface area contributed by atoms with Crippen LogP contribution in [0.4, 0.5) is 10.1 Å². The number of fused-ring (bicyclic) bond motifs is 1. The SMILES string of the molecule is NC(=O)c1cc(F)cc(N2CCc3nc(-c4ncccn4)ncc3C2)c1. The second-order valence-corrected chi connectivity index (χ2v) is 5.97. The van der Waals surface area contributed by atoms with Crippen LogP contribution in [-0.4, -0.2) is 32.4 Å². The molecule has 1 amide bonds. The normalized spacial score (nSPS) is 13.3. The first kappa shape index (κ1) is 16.1. The van der Waals surface area contributed by atoms with Crippen LogP contribution in [0.1, 0.15) is 21.6 Å². The first-order valence-corrected chi connectivity index (χ1v) is 8.07. The second-order valence-electron chi connectivity index (χ2n) is 5.97. The van der Waals surface area contributed by atoms with Gasteiger partial charge in [0.25, 0.3) is 0 Å². The third-order valence-electron chi connectivity index (χ3n) is 4.23. The van der Waals surface area contributed by atoms with Gasteiger partial charge in [-0.15, -0.1) is 0 Å². The van der Waals surface area contributed by atoms with E-state index in [2.05, 4.69) is 19.9 Å². The minimum Gasteiger partial charge on any atom is -0.367 e. The molecule has 26 heavy (non-hydrogen) atoms. The number of aromatic nitrogens is 4. The van der Waals surface area contributed by atoms with Crippen LogP contribution in [0.15, 0.2) is 42.9 Å². The third kappa shape index (κ3) is 3.08. The van der Waals surface area contributed by atoms with Crippen molar-refractivity contribution in [3.63, 3.8) is 0 Å².